The second kappa shape index (κ2) is 16.9. The van der Waals surface area contributed by atoms with E-state index in [4.69, 9.17) is 0 Å². The van der Waals surface area contributed by atoms with Crippen molar-refractivity contribution < 1.29 is 8.42 Å². The van der Waals surface area contributed by atoms with Crippen molar-refractivity contribution >= 4 is 32.6 Å². The standard InChI is InChI=1S/C47H50N2O2S/c1-5-7-32-48(42-18-14-16-36(3)34-42)40-28-24-38(25-29-40)47(46-23-13-12-17-37(46)4)39-26-30-41(31-27-39)49(33-8-6-2)43-19-15-22-45(35-43)52(50,51)44-20-10-9-11-21-44/h9-31,34-35,47H,5-8,32-33H2,1-4H3. The maximum absolute atomic E-state index is 13.5. The predicted octanol–water partition coefficient (Wildman–Crippen LogP) is 12.2. The molecule has 0 spiro atoms. The van der Waals surface area contributed by atoms with Crippen LogP contribution in [0.25, 0.3) is 0 Å². The number of rotatable bonds is 15. The van der Waals surface area contributed by atoms with Gasteiger partial charge in [-0.2, -0.15) is 0 Å². The lowest BCUT2D eigenvalue weighted by atomic mass is 9.83. The minimum Gasteiger partial charge on any atom is -0.341 e. The molecule has 0 N–H and O–H groups in total. The van der Waals surface area contributed by atoms with Crippen molar-refractivity contribution in [3.8, 4) is 0 Å². The van der Waals surface area contributed by atoms with Crippen molar-refractivity contribution in [2.45, 2.75) is 69.1 Å². The summed E-state index contributed by atoms with van der Waals surface area (Å²) in [7, 11) is -3.64. The molecule has 0 heterocycles. The number of anilines is 4. The number of sulfone groups is 1. The minimum absolute atomic E-state index is 0.0517. The minimum atomic E-state index is -3.64. The zero-order chi connectivity index (χ0) is 36.5. The smallest absolute Gasteiger partial charge is 0.206 e. The number of hydrogen-bond acceptors (Lipinski definition) is 4. The van der Waals surface area contributed by atoms with Crippen molar-refractivity contribution in [3.05, 3.63) is 179 Å². The first-order valence-corrected chi connectivity index (χ1v) is 20.1. The lowest BCUT2D eigenvalue weighted by Gasteiger charge is -2.28. The van der Waals surface area contributed by atoms with Gasteiger partial charge in [0.1, 0.15) is 0 Å². The van der Waals surface area contributed by atoms with Crippen molar-refractivity contribution in [1.82, 2.24) is 0 Å². The number of aryl methyl sites for hydroxylation is 2. The third-order valence-electron chi connectivity index (χ3n) is 9.85. The van der Waals surface area contributed by atoms with Gasteiger partial charge in [-0.15, -0.1) is 0 Å². The van der Waals surface area contributed by atoms with E-state index >= 15 is 0 Å². The maximum Gasteiger partial charge on any atom is 0.206 e. The third-order valence-corrected chi connectivity index (χ3v) is 11.6. The van der Waals surface area contributed by atoms with Gasteiger partial charge in [0.25, 0.3) is 0 Å². The van der Waals surface area contributed by atoms with Gasteiger partial charge in [0.05, 0.1) is 9.79 Å². The molecular formula is C47H50N2O2S. The van der Waals surface area contributed by atoms with E-state index in [1.54, 1.807) is 30.3 Å². The number of benzene rings is 6. The molecule has 0 amide bonds. The fourth-order valence-electron chi connectivity index (χ4n) is 6.95. The molecular weight excluding hydrogens is 657 g/mol. The van der Waals surface area contributed by atoms with Gasteiger partial charge in [0.2, 0.25) is 9.84 Å². The normalized spacial score (nSPS) is 12.0. The maximum atomic E-state index is 13.5. The van der Waals surface area contributed by atoms with Crippen LogP contribution >= 0.6 is 0 Å². The molecule has 5 heteroatoms. The Morgan fingerprint density at radius 2 is 1.00 bits per heavy atom. The first kappa shape index (κ1) is 36.7. The second-order valence-corrected chi connectivity index (χ2v) is 15.6. The van der Waals surface area contributed by atoms with Gasteiger partial charge in [-0.05, 0) is 121 Å². The summed E-state index contributed by atoms with van der Waals surface area (Å²) < 4.78 is 27.1. The van der Waals surface area contributed by atoms with E-state index in [9.17, 15) is 8.42 Å². The van der Waals surface area contributed by atoms with E-state index in [-0.39, 0.29) is 5.92 Å². The van der Waals surface area contributed by atoms with Crippen LogP contribution in [-0.2, 0) is 9.84 Å². The van der Waals surface area contributed by atoms with Crippen LogP contribution in [0.3, 0.4) is 0 Å². The van der Waals surface area contributed by atoms with Crippen LogP contribution < -0.4 is 9.80 Å². The molecule has 266 valence electrons. The van der Waals surface area contributed by atoms with Gasteiger partial charge >= 0.3 is 0 Å². The highest BCUT2D eigenvalue weighted by atomic mass is 32.2. The van der Waals surface area contributed by atoms with E-state index in [0.717, 1.165) is 50.1 Å². The summed E-state index contributed by atoms with van der Waals surface area (Å²) in [5, 5.41) is 0. The van der Waals surface area contributed by atoms with Gasteiger partial charge in [-0.25, -0.2) is 8.42 Å². The fraction of sp³-hybridized carbons (Fsp3) is 0.234. The Hall–Kier alpha value is -5.13. The van der Waals surface area contributed by atoms with Gasteiger partial charge in [-0.1, -0.05) is 112 Å². The van der Waals surface area contributed by atoms with Gasteiger partial charge in [0.15, 0.2) is 0 Å². The van der Waals surface area contributed by atoms with E-state index in [1.165, 1.54) is 39.2 Å². The molecule has 6 rings (SSSR count). The van der Waals surface area contributed by atoms with E-state index in [2.05, 4.69) is 135 Å². The van der Waals surface area contributed by atoms with E-state index in [1.807, 2.05) is 24.3 Å². The van der Waals surface area contributed by atoms with Gasteiger partial charge < -0.3 is 9.80 Å². The number of nitrogens with zero attached hydrogens (tertiary/aromatic N) is 2. The Labute approximate surface area is 311 Å². The molecule has 4 nitrogen and oxygen atoms in total. The third kappa shape index (κ3) is 8.32. The summed E-state index contributed by atoms with van der Waals surface area (Å²) in [4.78, 5) is 5.28. The summed E-state index contributed by atoms with van der Waals surface area (Å²) in [6.07, 6.45) is 4.27. The molecule has 0 saturated heterocycles. The van der Waals surface area contributed by atoms with Crippen LogP contribution in [0.2, 0.25) is 0 Å². The highest BCUT2D eigenvalue weighted by molar-refractivity contribution is 7.91. The van der Waals surface area contributed by atoms with Crippen molar-refractivity contribution in [2.75, 3.05) is 22.9 Å². The summed E-state index contributed by atoms with van der Waals surface area (Å²) in [5.74, 6) is 0.0517. The van der Waals surface area contributed by atoms with Crippen LogP contribution in [0.15, 0.2) is 161 Å². The van der Waals surface area contributed by atoms with Crippen molar-refractivity contribution in [3.63, 3.8) is 0 Å². The lowest BCUT2D eigenvalue weighted by Crippen LogP contribution is -2.19. The Morgan fingerprint density at radius 1 is 0.500 bits per heavy atom. The summed E-state index contributed by atoms with van der Waals surface area (Å²) in [5.41, 5.74) is 10.6. The Bertz CT molecular complexity index is 2160. The highest BCUT2D eigenvalue weighted by Gasteiger charge is 2.22. The van der Waals surface area contributed by atoms with E-state index < -0.39 is 9.84 Å². The van der Waals surface area contributed by atoms with Crippen LogP contribution in [0.4, 0.5) is 22.7 Å². The number of unbranched alkanes of at least 4 members (excludes halogenated alkanes) is 2. The molecule has 0 aromatic heterocycles. The van der Waals surface area contributed by atoms with Crippen LogP contribution in [0.5, 0.6) is 0 Å². The number of hydrogen-bond donors (Lipinski definition) is 0. The first-order valence-electron chi connectivity index (χ1n) is 18.6. The van der Waals surface area contributed by atoms with Gasteiger partial charge in [0, 0.05) is 41.8 Å². The Balaban J connectivity index is 1.35. The quantitative estimate of drug-likeness (QED) is 0.0997. The average molecular weight is 707 g/mol. The van der Waals surface area contributed by atoms with Crippen LogP contribution in [0, 0.1) is 13.8 Å². The lowest BCUT2D eigenvalue weighted by molar-refractivity contribution is 0.596. The summed E-state index contributed by atoms with van der Waals surface area (Å²) in [6.45, 7) is 10.5. The molecule has 1 unspecified atom stereocenters. The molecule has 0 aliphatic carbocycles. The zero-order valence-corrected chi connectivity index (χ0v) is 31.7. The molecule has 0 radical (unpaired) electrons. The van der Waals surface area contributed by atoms with Crippen LogP contribution in [0.1, 0.15) is 73.3 Å². The molecule has 52 heavy (non-hydrogen) atoms. The predicted molar refractivity (Wildman–Crippen MR) is 218 cm³/mol. The Morgan fingerprint density at radius 3 is 1.54 bits per heavy atom. The molecule has 0 aliphatic rings. The average Bonchev–Trinajstić information content (AvgIpc) is 3.17. The van der Waals surface area contributed by atoms with Crippen molar-refractivity contribution in [2.24, 2.45) is 0 Å². The van der Waals surface area contributed by atoms with Crippen LogP contribution in [-0.4, -0.2) is 21.5 Å². The monoisotopic (exact) mass is 706 g/mol. The molecule has 0 bridgehead atoms. The molecule has 0 saturated carbocycles. The molecule has 0 aliphatic heterocycles. The van der Waals surface area contributed by atoms with Gasteiger partial charge in [-0.3, -0.25) is 0 Å². The summed E-state index contributed by atoms with van der Waals surface area (Å²) >= 11 is 0. The second-order valence-electron chi connectivity index (χ2n) is 13.6. The largest absolute Gasteiger partial charge is 0.341 e. The molecule has 6 aromatic carbocycles. The van der Waals surface area contributed by atoms with E-state index in [0.29, 0.717) is 9.79 Å². The molecule has 0 fully saturated rings. The molecule has 6 aromatic rings. The van der Waals surface area contributed by atoms with Crippen molar-refractivity contribution in [1.29, 1.82) is 0 Å². The SMILES string of the molecule is CCCCN(c1ccc(C(c2ccc(N(CCCC)c3cccc(S(=O)(=O)c4ccccc4)c3)cc2)c2ccccc2C)cc1)c1cccc(C)c1. The Kier molecular flexibility index (Phi) is 11.9. The molecule has 1 atom stereocenters. The highest BCUT2D eigenvalue weighted by Crippen LogP contribution is 2.38. The topological polar surface area (TPSA) is 40.6 Å². The fourth-order valence-corrected chi connectivity index (χ4v) is 8.27. The first-order chi connectivity index (χ1) is 25.3. The summed E-state index contributed by atoms with van der Waals surface area (Å²) in [6, 6.07) is 51.4. The zero-order valence-electron chi connectivity index (χ0n) is 30.9.